The Hall–Kier alpha value is -2.08. The Morgan fingerprint density at radius 1 is 1.35 bits per heavy atom. The van der Waals surface area contributed by atoms with Gasteiger partial charge in [0.2, 0.25) is 5.91 Å². The number of hydrogen-bond acceptors (Lipinski definition) is 4. The number of carbonyl (C=O) groups excluding carboxylic acids is 2. The average molecular weight is 329 g/mol. The van der Waals surface area contributed by atoms with Gasteiger partial charge in [0.1, 0.15) is 0 Å². The molecule has 0 N–H and O–H groups in total. The van der Waals surface area contributed by atoms with E-state index >= 15 is 0 Å². The van der Waals surface area contributed by atoms with Crippen LogP contribution >= 0.6 is 11.8 Å². The van der Waals surface area contributed by atoms with Crippen molar-refractivity contribution < 1.29 is 9.59 Å². The SMILES string of the molecule is CC(=O)SCC1CC(=O)N(c2cnn(Cc3ccccc3)c2)C1. The summed E-state index contributed by atoms with van der Waals surface area (Å²) in [6.45, 7) is 2.91. The molecule has 1 saturated heterocycles. The second kappa shape index (κ2) is 7.00. The van der Waals surface area contributed by atoms with Crippen molar-refractivity contribution in [3.8, 4) is 0 Å². The third-order valence-corrected chi connectivity index (χ3v) is 4.89. The number of benzene rings is 1. The average Bonchev–Trinajstić information content (AvgIpc) is 3.12. The van der Waals surface area contributed by atoms with E-state index in [9.17, 15) is 9.59 Å². The van der Waals surface area contributed by atoms with Gasteiger partial charge in [-0.1, -0.05) is 42.1 Å². The fourth-order valence-electron chi connectivity index (χ4n) is 2.73. The molecule has 1 amide bonds. The molecule has 5 nitrogen and oxygen atoms in total. The highest BCUT2D eigenvalue weighted by atomic mass is 32.2. The summed E-state index contributed by atoms with van der Waals surface area (Å²) < 4.78 is 1.84. The van der Waals surface area contributed by atoms with E-state index in [0.29, 0.717) is 25.3 Å². The highest BCUT2D eigenvalue weighted by molar-refractivity contribution is 8.13. The van der Waals surface area contributed by atoms with Gasteiger partial charge in [0.15, 0.2) is 5.12 Å². The molecule has 0 radical (unpaired) electrons. The zero-order chi connectivity index (χ0) is 16.2. The summed E-state index contributed by atoms with van der Waals surface area (Å²) in [5, 5.41) is 4.46. The van der Waals surface area contributed by atoms with Crippen LogP contribution in [0.15, 0.2) is 42.7 Å². The molecule has 120 valence electrons. The van der Waals surface area contributed by atoms with E-state index in [4.69, 9.17) is 0 Å². The lowest BCUT2D eigenvalue weighted by molar-refractivity contribution is -0.117. The van der Waals surface area contributed by atoms with Gasteiger partial charge in [0, 0.05) is 31.8 Å². The topological polar surface area (TPSA) is 55.2 Å². The minimum absolute atomic E-state index is 0.103. The van der Waals surface area contributed by atoms with Gasteiger partial charge in [-0.05, 0) is 11.5 Å². The Bertz CT molecular complexity index is 699. The molecule has 0 spiro atoms. The largest absolute Gasteiger partial charge is 0.309 e. The molecule has 0 bridgehead atoms. The molecule has 3 rings (SSSR count). The normalized spacial score (nSPS) is 17.7. The molecule has 23 heavy (non-hydrogen) atoms. The van der Waals surface area contributed by atoms with Crippen LogP contribution in [0.2, 0.25) is 0 Å². The van der Waals surface area contributed by atoms with E-state index in [1.807, 2.05) is 29.1 Å². The number of amides is 1. The van der Waals surface area contributed by atoms with Gasteiger partial charge in [-0.25, -0.2) is 0 Å². The lowest BCUT2D eigenvalue weighted by atomic mass is 10.1. The number of nitrogens with zero attached hydrogens (tertiary/aromatic N) is 3. The zero-order valence-electron chi connectivity index (χ0n) is 13.0. The van der Waals surface area contributed by atoms with E-state index in [2.05, 4.69) is 17.2 Å². The minimum atomic E-state index is 0.103. The molecule has 1 atom stereocenters. The van der Waals surface area contributed by atoms with E-state index in [1.165, 1.54) is 17.3 Å². The van der Waals surface area contributed by atoms with Gasteiger partial charge in [-0.2, -0.15) is 5.10 Å². The maximum Gasteiger partial charge on any atom is 0.227 e. The van der Waals surface area contributed by atoms with Crippen LogP contribution < -0.4 is 4.90 Å². The molecule has 1 aliphatic heterocycles. The molecule has 1 fully saturated rings. The second-order valence-electron chi connectivity index (χ2n) is 5.76. The van der Waals surface area contributed by atoms with Gasteiger partial charge >= 0.3 is 0 Å². The standard InChI is InChI=1S/C17H19N3O2S/c1-13(21)23-12-15-7-17(22)20(10-15)16-8-18-19(11-16)9-14-5-3-2-4-6-14/h2-6,8,11,15H,7,9-10,12H2,1H3. The first-order chi connectivity index (χ1) is 11.1. The van der Waals surface area contributed by atoms with Crippen LogP contribution in [0.4, 0.5) is 5.69 Å². The maximum atomic E-state index is 12.2. The van der Waals surface area contributed by atoms with Crippen LogP contribution in [0.1, 0.15) is 18.9 Å². The van der Waals surface area contributed by atoms with Gasteiger partial charge in [0.25, 0.3) is 0 Å². The highest BCUT2D eigenvalue weighted by Crippen LogP contribution is 2.27. The van der Waals surface area contributed by atoms with Gasteiger partial charge in [-0.3, -0.25) is 14.3 Å². The fourth-order valence-corrected chi connectivity index (χ4v) is 3.42. The van der Waals surface area contributed by atoms with Crippen molar-refractivity contribution >= 4 is 28.5 Å². The molecule has 2 heterocycles. The molecular formula is C17H19N3O2S. The van der Waals surface area contributed by atoms with Crippen molar-refractivity contribution in [1.82, 2.24) is 9.78 Å². The Morgan fingerprint density at radius 3 is 2.87 bits per heavy atom. The van der Waals surface area contributed by atoms with Gasteiger partial charge < -0.3 is 4.90 Å². The number of anilines is 1. The maximum absolute atomic E-state index is 12.2. The van der Waals surface area contributed by atoms with Crippen molar-refractivity contribution in [3.63, 3.8) is 0 Å². The number of aromatic nitrogens is 2. The summed E-state index contributed by atoms with van der Waals surface area (Å²) in [6, 6.07) is 10.1. The lowest BCUT2D eigenvalue weighted by Gasteiger charge is -2.13. The first-order valence-electron chi connectivity index (χ1n) is 7.62. The van der Waals surface area contributed by atoms with Crippen LogP contribution in [-0.2, 0) is 16.1 Å². The molecule has 0 saturated carbocycles. The molecular weight excluding hydrogens is 310 g/mol. The van der Waals surface area contributed by atoms with E-state index in [1.54, 1.807) is 18.0 Å². The Kier molecular flexibility index (Phi) is 4.81. The quantitative estimate of drug-likeness (QED) is 0.846. The van der Waals surface area contributed by atoms with Crippen LogP contribution in [-0.4, -0.2) is 33.1 Å². The van der Waals surface area contributed by atoms with Crippen LogP contribution in [0.25, 0.3) is 0 Å². The predicted molar refractivity (Wildman–Crippen MR) is 91.4 cm³/mol. The second-order valence-corrected chi connectivity index (χ2v) is 6.96. The summed E-state index contributed by atoms with van der Waals surface area (Å²) in [7, 11) is 0. The summed E-state index contributed by atoms with van der Waals surface area (Å²) in [6.07, 6.45) is 4.15. The fraction of sp³-hybridized carbons (Fsp3) is 0.353. The summed E-state index contributed by atoms with van der Waals surface area (Å²) >= 11 is 1.30. The number of carbonyl (C=O) groups is 2. The molecule has 1 unspecified atom stereocenters. The first-order valence-corrected chi connectivity index (χ1v) is 8.60. The van der Waals surface area contributed by atoms with E-state index in [0.717, 1.165) is 5.69 Å². The van der Waals surface area contributed by atoms with Crippen molar-refractivity contribution in [2.45, 2.75) is 19.9 Å². The van der Waals surface area contributed by atoms with Gasteiger partial charge in [0.05, 0.1) is 18.4 Å². The van der Waals surface area contributed by atoms with Crippen molar-refractivity contribution in [1.29, 1.82) is 0 Å². The third kappa shape index (κ3) is 4.01. The van der Waals surface area contributed by atoms with E-state index in [-0.39, 0.29) is 16.9 Å². The van der Waals surface area contributed by atoms with Crippen LogP contribution in [0.5, 0.6) is 0 Å². The summed E-state index contributed by atoms with van der Waals surface area (Å²) in [5.41, 5.74) is 2.01. The van der Waals surface area contributed by atoms with Crippen LogP contribution in [0, 0.1) is 5.92 Å². The number of rotatable bonds is 5. The number of thioether (sulfide) groups is 1. The third-order valence-electron chi connectivity index (χ3n) is 3.85. The molecule has 0 aliphatic carbocycles. The minimum Gasteiger partial charge on any atom is -0.309 e. The molecule has 1 aromatic heterocycles. The molecule has 1 aromatic carbocycles. The zero-order valence-corrected chi connectivity index (χ0v) is 13.8. The summed E-state index contributed by atoms with van der Waals surface area (Å²) in [4.78, 5) is 25.0. The Balaban J connectivity index is 1.63. The molecule has 1 aliphatic rings. The Morgan fingerprint density at radius 2 is 2.13 bits per heavy atom. The first kappa shape index (κ1) is 15.8. The Labute approximate surface area is 139 Å². The monoisotopic (exact) mass is 329 g/mol. The predicted octanol–water partition coefficient (Wildman–Crippen LogP) is 2.56. The van der Waals surface area contributed by atoms with E-state index < -0.39 is 0 Å². The highest BCUT2D eigenvalue weighted by Gasteiger charge is 2.31. The molecule has 6 heteroatoms. The smallest absolute Gasteiger partial charge is 0.227 e. The summed E-state index contributed by atoms with van der Waals surface area (Å²) in [5.74, 6) is 1.04. The van der Waals surface area contributed by atoms with Gasteiger partial charge in [-0.15, -0.1) is 0 Å². The number of hydrogen-bond donors (Lipinski definition) is 0. The molecule has 2 aromatic rings. The lowest BCUT2D eigenvalue weighted by Crippen LogP contribution is -2.24. The van der Waals surface area contributed by atoms with Crippen molar-refractivity contribution in [2.24, 2.45) is 5.92 Å². The van der Waals surface area contributed by atoms with Crippen molar-refractivity contribution in [2.75, 3.05) is 17.2 Å². The van der Waals surface area contributed by atoms with Crippen LogP contribution in [0.3, 0.4) is 0 Å². The van der Waals surface area contributed by atoms with Crippen molar-refractivity contribution in [3.05, 3.63) is 48.3 Å².